The molecule has 1 aliphatic rings. The highest BCUT2D eigenvalue weighted by Crippen LogP contribution is 2.42. The Balaban J connectivity index is 1.82. The third-order valence-electron chi connectivity index (χ3n) is 5.21. The standard InChI is InChI=1S/C19H21FN4O3S/c1-10-9-14(20)7-8-15(10)23-28(25,26)17-12(3)24(4)11(2)16(17)19-22-21-18(27-19)13-5-6-13/h7-9,13,23H,5-6H2,1-4H3. The Morgan fingerprint density at radius 2 is 1.89 bits per heavy atom. The van der Waals surface area contributed by atoms with Crippen molar-refractivity contribution < 1.29 is 17.2 Å². The van der Waals surface area contributed by atoms with E-state index in [0.717, 1.165) is 12.8 Å². The molecule has 3 aromatic rings. The maximum atomic E-state index is 13.4. The van der Waals surface area contributed by atoms with Crippen LogP contribution in [0.1, 0.15) is 41.6 Å². The molecule has 0 atom stereocenters. The second kappa shape index (κ2) is 6.44. The summed E-state index contributed by atoms with van der Waals surface area (Å²) in [7, 11) is -2.19. The number of sulfonamides is 1. The molecule has 0 radical (unpaired) electrons. The van der Waals surface area contributed by atoms with Gasteiger partial charge in [0.1, 0.15) is 10.7 Å². The lowest BCUT2D eigenvalue weighted by Crippen LogP contribution is -2.15. The molecule has 0 aliphatic heterocycles. The van der Waals surface area contributed by atoms with E-state index in [1.54, 1.807) is 25.5 Å². The highest BCUT2D eigenvalue weighted by atomic mass is 32.2. The third-order valence-corrected chi connectivity index (χ3v) is 6.73. The molecule has 1 saturated carbocycles. The van der Waals surface area contributed by atoms with E-state index >= 15 is 0 Å². The maximum absolute atomic E-state index is 13.4. The summed E-state index contributed by atoms with van der Waals surface area (Å²) in [6, 6.07) is 3.90. The summed E-state index contributed by atoms with van der Waals surface area (Å²) in [6.07, 6.45) is 2.01. The third kappa shape index (κ3) is 3.09. The molecule has 0 unspecified atom stereocenters. The molecule has 0 spiro atoms. The smallest absolute Gasteiger partial charge is 0.264 e. The van der Waals surface area contributed by atoms with E-state index in [2.05, 4.69) is 14.9 Å². The Hall–Kier alpha value is -2.68. The van der Waals surface area contributed by atoms with Crippen LogP contribution < -0.4 is 4.72 Å². The highest BCUT2D eigenvalue weighted by molar-refractivity contribution is 7.93. The minimum atomic E-state index is -3.98. The van der Waals surface area contributed by atoms with Gasteiger partial charge in [-0.25, -0.2) is 12.8 Å². The van der Waals surface area contributed by atoms with E-state index < -0.39 is 15.8 Å². The second-order valence-corrected chi connectivity index (χ2v) is 8.84. The fourth-order valence-corrected chi connectivity index (χ4v) is 4.92. The number of halogens is 1. The summed E-state index contributed by atoms with van der Waals surface area (Å²) in [5.74, 6) is 0.582. The zero-order chi connectivity index (χ0) is 20.2. The van der Waals surface area contributed by atoms with Crippen LogP contribution in [-0.4, -0.2) is 23.2 Å². The lowest BCUT2D eigenvalue weighted by molar-refractivity contribution is 0.507. The van der Waals surface area contributed by atoms with Gasteiger partial charge >= 0.3 is 0 Å². The van der Waals surface area contributed by atoms with Crippen LogP contribution in [0.5, 0.6) is 0 Å². The van der Waals surface area contributed by atoms with Gasteiger partial charge in [-0.1, -0.05) is 0 Å². The fourth-order valence-electron chi connectivity index (χ4n) is 3.27. The number of hydrogen-bond acceptors (Lipinski definition) is 5. The molecule has 0 saturated heterocycles. The summed E-state index contributed by atoms with van der Waals surface area (Å²) in [5, 5.41) is 8.18. The lowest BCUT2D eigenvalue weighted by atomic mass is 10.2. The van der Waals surface area contributed by atoms with Crippen LogP contribution in [0.25, 0.3) is 11.5 Å². The van der Waals surface area contributed by atoms with E-state index in [9.17, 15) is 12.8 Å². The molecule has 2 heterocycles. The van der Waals surface area contributed by atoms with Gasteiger partial charge in [-0.05, 0) is 57.4 Å². The number of aromatic nitrogens is 3. The summed E-state index contributed by atoms with van der Waals surface area (Å²) >= 11 is 0. The molecule has 7 nitrogen and oxygen atoms in total. The number of nitrogens with one attached hydrogen (secondary N) is 1. The van der Waals surface area contributed by atoms with Gasteiger partial charge in [0.2, 0.25) is 5.89 Å². The van der Waals surface area contributed by atoms with Crippen molar-refractivity contribution in [3.8, 4) is 11.5 Å². The first-order chi connectivity index (χ1) is 13.2. The minimum Gasteiger partial charge on any atom is -0.420 e. The zero-order valence-corrected chi connectivity index (χ0v) is 16.9. The molecule has 1 N–H and O–H groups in total. The van der Waals surface area contributed by atoms with Gasteiger partial charge in [0.05, 0.1) is 11.3 Å². The maximum Gasteiger partial charge on any atom is 0.264 e. The van der Waals surface area contributed by atoms with Crippen molar-refractivity contribution in [2.75, 3.05) is 4.72 Å². The SMILES string of the molecule is Cc1cc(F)ccc1NS(=O)(=O)c1c(-c2nnc(C3CC3)o2)c(C)n(C)c1C. The molecule has 1 aliphatic carbocycles. The number of anilines is 1. The fraction of sp³-hybridized carbons (Fsp3) is 0.368. The van der Waals surface area contributed by atoms with Crippen molar-refractivity contribution in [2.24, 2.45) is 7.05 Å². The Kier molecular flexibility index (Phi) is 4.29. The Bertz CT molecular complexity index is 1180. The molecule has 1 fully saturated rings. The normalized spacial score (nSPS) is 14.5. The van der Waals surface area contributed by atoms with Crippen LogP contribution in [0.3, 0.4) is 0 Å². The Morgan fingerprint density at radius 3 is 2.54 bits per heavy atom. The topological polar surface area (TPSA) is 90.0 Å². The minimum absolute atomic E-state index is 0.0854. The molecule has 1 aromatic carbocycles. The average Bonchev–Trinajstić information content (AvgIpc) is 3.32. The largest absolute Gasteiger partial charge is 0.420 e. The number of benzene rings is 1. The van der Waals surface area contributed by atoms with E-state index in [1.165, 1.54) is 18.2 Å². The Morgan fingerprint density at radius 1 is 1.18 bits per heavy atom. The lowest BCUT2D eigenvalue weighted by Gasteiger charge is -2.11. The van der Waals surface area contributed by atoms with Crippen molar-refractivity contribution in [3.63, 3.8) is 0 Å². The molecule has 28 heavy (non-hydrogen) atoms. The molecule has 9 heteroatoms. The van der Waals surface area contributed by atoms with Crippen molar-refractivity contribution in [2.45, 2.75) is 44.4 Å². The predicted molar refractivity (Wildman–Crippen MR) is 102 cm³/mol. The van der Waals surface area contributed by atoms with Crippen LogP contribution >= 0.6 is 0 Å². The van der Waals surface area contributed by atoms with Crippen molar-refractivity contribution >= 4 is 15.7 Å². The van der Waals surface area contributed by atoms with Gasteiger partial charge in [-0.2, -0.15) is 0 Å². The Labute approximate surface area is 162 Å². The zero-order valence-electron chi connectivity index (χ0n) is 16.1. The van der Waals surface area contributed by atoms with Gasteiger partial charge in [0.15, 0.2) is 0 Å². The first-order valence-corrected chi connectivity index (χ1v) is 10.5. The molecule has 4 rings (SSSR count). The van der Waals surface area contributed by atoms with Crippen molar-refractivity contribution in [1.29, 1.82) is 0 Å². The predicted octanol–water partition coefficient (Wildman–Crippen LogP) is 3.82. The summed E-state index contributed by atoms with van der Waals surface area (Å²) in [6.45, 7) is 5.18. The molecule has 148 valence electrons. The van der Waals surface area contributed by atoms with E-state index in [0.29, 0.717) is 34.1 Å². The van der Waals surface area contributed by atoms with E-state index in [1.807, 2.05) is 6.92 Å². The van der Waals surface area contributed by atoms with Gasteiger partial charge in [-0.3, -0.25) is 4.72 Å². The van der Waals surface area contributed by atoms with Crippen LogP contribution in [-0.2, 0) is 17.1 Å². The van der Waals surface area contributed by atoms with Gasteiger partial charge in [0.25, 0.3) is 15.9 Å². The molecule has 0 bridgehead atoms. The highest BCUT2D eigenvalue weighted by Gasteiger charge is 2.34. The molecule has 0 amide bonds. The number of hydrogen-bond donors (Lipinski definition) is 1. The molecular formula is C19H21FN4O3S. The van der Waals surface area contributed by atoms with E-state index in [4.69, 9.17) is 4.42 Å². The molecular weight excluding hydrogens is 383 g/mol. The number of nitrogens with zero attached hydrogens (tertiary/aromatic N) is 3. The van der Waals surface area contributed by atoms with Crippen LogP contribution in [0, 0.1) is 26.6 Å². The summed E-state index contributed by atoms with van der Waals surface area (Å²) < 4.78 is 50.0. The van der Waals surface area contributed by atoms with Crippen LogP contribution in [0.2, 0.25) is 0 Å². The first-order valence-electron chi connectivity index (χ1n) is 8.97. The van der Waals surface area contributed by atoms with Crippen molar-refractivity contribution in [1.82, 2.24) is 14.8 Å². The average molecular weight is 404 g/mol. The monoisotopic (exact) mass is 404 g/mol. The first kappa shape index (κ1) is 18.7. The quantitative estimate of drug-likeness (QED) is 0.698. The van der Waals surface area contributed by atoms with Gasteiger partial charge < -0.3 is 8.98 Å². The van der Waals surface area contributed by atoms with E-state index in [-0.39, 0.29) is 16.7 Å². The van der Waals surface area contributed by atoms with Crippen LogP contribution in [0.4, 0.5) is 10.1 Å². The summed E-state index contributed by atoms with van der Waals surface area (Å²) in [5.41, 5.74) is 2.46. The molecule has 2 aromatic heterocycles. The van der Waals surface area contributed by atoms with Crippen LogP contribution in [0.15, 0.2) is 27.5 Å². The second-order valence-electron chi connectivity index (χ2n) is 7.22. The van der Waals surface area contributed by atoms with Gasteiger partial charge in [-0.15, -0.1) is 10.2 Å². The van der Waals surface area contributed by atoms with Gasteiger partial charge in [0, 0.05) is 24.4 Å². The number of rotatable bonds is 5. The number of aryl methyl sites for hydroxylation is 1. The van der Waals surface area contributed by atoms with Crippen molar-refractivity contribution in [3.05, 3.63) is 46.9 Å². The summed E-state index contributed by atoms with van der Waals surface area (Å²) in [4.78, 5) is 0.0854.